The van der Waals surface area contributed by atoms with Gasteiger partial charge < -0.3 is 4.74 Å². The molecule has 0 spiro atoms. The number of aromatic amines is 1. The van der Waals surface area contributed by atoms with Gasteiger partial charge in [0.05, 0.1) is 6.61 Å². The number of H-pyrrole nitrogens is 1. The second kappa shape index (κ2) is 4.64. The standard InChI is InChI=1S/C9H12N6O2/c1-3-17-9-12-8(13-14-9)11-7(16)6-4-5-10-15(6)2/h4-5H,3H2,1-2H3,(H2,11,12,13,14,16). The molecule has 0 saturated carbocycles. The summed E-state index contributed by atoms with van der Waals surface area (Å²) in [5.41, 5.74) is 0.430. The highest BCUT2D eigenvalue weighted by Gasteiger charge is 2.12. The highest BCUT2D eigenvalue weighted by atomic mass is 16.5. The van der Waals surface area contributed by atoms with Crippen LogP contribution in [0.5, 0.6) is 6.01 Å². The van der Waals surface area contributed by atoms with Crippen LogP contribution in [-0.2, 0) is 7.05 Å². The van der Waals surface area contributed by atoms with Crippen LogP contribution in [0.4, 0.5) is 5.95 Å². The first kappa shape index (κ1) is 11.1. The number of ether oxygens (including phenoxy) is 1. The highest BCUT2D eigenvalue weighted by molar-refractivity contribution is 6.01. The van der Waals surface area contributed by atoms with Gasteiger partial charge in [-0.1, -0.05) is 0 Å². The molecule has 8 nitrogen and oxygen atoms in total. The van der Waals surface area contributed by atoms with E-state index in [0.717, 1.165) is 0 Å². The summed E-state index contributed by atoms with van der Waals surface area (Å²) >= 11 is 0. The van der Waals surface area contributed by atoms with Crippen molar-refractivity contribution in [3.63, 3.8) is 0 Å². The molecule has 0 aliphatic heterocycles. The Labute approximate surface area is 97.0 Å². The van der Waals surface area contributed by atoms with Crippen molar-refractivity contribution in [2.75, 3.05) is 11.9 Å². The quantitative estimate of drug-likeness (QED) is 0.789. The zero-order valence-corrected chi connectivity index (χ0v) is 9.47. The molecule has 8 heteroatoms. The summed E-state index contributed by atoms with van der Waals surface area (Å²) in [7, 11) is 1.68. The van der Waals surface area contributed by atoms with Crippen molar-refractivity contribution in [1.29, 1.82) is 0 Å². The van der Waals surface area contributed by atoms with Crippen LogP contribution in [0.3, 0.4) is 0 Å². The largest absolute Gasteiger partial charge is 0.463 e. The minimum Gasteiger partial charge on any atom is -0.463 e. The Hall–Kier alpha value is -2.38. The maximum absolute atomic E-state index is 11.8. The van der Waals surface area contributed by atoms with Gasteiger partial charge in [0.25, 0.3) is 5.91 Å². The fourth-order valence-corrected chi connectivity index (χ4v) is 1.26. The number of carbonyl (C=O) groups excluding carboxylic acids is 1. The molecule has 2 aromatic rings. The number of nitrogens with zero attached hydrogens (tertiary/aromatic N) is 4. The van der Waals surface area contributed by atoms with Gasteiger partial charge in [-0.2, -0.15) is 10.1 Å². The third-order valence-corrected chi connectivity index (χ3v) is 2.02. The number of anilines is 1. The van der Waals surface area contributed by atoms with Crippen LogP contribution in [0, 0.1) is 0 Å². The van der Waals surface area contributed by atoms with Gasteiger partial charge in [0.2, 0.25) is 5.95 Å². The lowest BCUT2D eigenvalue weighted by Crippen LogP contribution is -2.16. The summed E-state index contributed by atoms with van der Waals surface area (Å²) in [6.45, 7) is 2.29. The van der Waals surface area contributed by atoms with E-state index in [-0.39, 0.29) is 17.9 Å². The number of aromatic nitrogens is 5. The van der Waals surface area contributed by atoms with Crippen molar-refractivity contribution in [1.82, 2.24) is 25.0 Å². The van der Waals surface area contributed by atoms with E-state index in [9.17, 15) is 4.79 Å². The molecular formula is C9H12N6O2. The Balaban J connectivity index is 2.05. The molecule has 2 N–H and O–H groups in total. The van der Waals surface area contributed by atoms with Crippen molar-refractivity contribution >= 4 is 11.9 Å². The molecule has 0 aromatic carbocycles. The smallest absolute Gasteiger partial charge is 0.337 e. The van der Waals surface area contributed by atoms with E-state index in [1.165, 1.54) is 4.68 Å². The molecule has 2 rings (SSSR count). The molecule has 1 amide bonds. The van der Waals surface area contributed by atoms with Crippen molar-refractivity contribution in [3.05, 3.63) is 18.0 Å². The van der Waals surface area contributed by atoms with E-state index in [4.69, 9.17) is 4.74 Å². The van der Waals surface area contributed by atoms with Crippen molar-refractivity contribution in [2.45, 2.75) is 6.92 Å². The summed E-state index contributed by atoms with van der Waals surface area (Å²) in [5, 5.41) is 12.8. The maximum Gasteiger partial charge on any atom is 0.337 e. The third-order valence-electron chi connectivity index (χ3n) is 2.02. The molecule has 90 valence electrons. The van der Waals surface area contributed by atoms with E-state index in [1.807, 2.05) is 6.92 Å². The van der Waals surface area contributed by atoms with Gasteiger partial charge in [0.15, 0.2) is 0 Å². The fraction of sp³-hybridized carbons (Fsp3) is 0.333. The third kappa shape index (κ3) is 2.41. The zero-order chi connectivity index (χ0) is 12.3. The lowest BCUT2D eigenvalue weighted by Gasteiger charge is -2.00. The van der Waals surface area contributed by atoms with Crippen LogP contribution in [-0.4, -0.2) is 37.5 Å². The second-order valence-electron chi connectivity index (χ2n) is 3.19. The first-order chi connectivity index (χ1) is 8.20. The molecule has 2 heterocycles. The van der Waals surface area contributed by atoms with E-state index in [1.54, 1.807) is 19.3 Å². The number of rotatable bonds is 4. The molecule has 0 atom stereocenters. The molecule has 2 aromatic heterocycles. The van der Waals surface area contributed by atoms with Crippen molar-refractivity contribution in [3.8, 4) is 6.01 Å². The molecule has 0 aliphatic rings. The van der Waals surface area contributed by atoms with Gasteiger partial charge in [0.1, 0.15) is 5.69 Å². The summed E-state index contributed by atoms with van der Waals surface area (Å²) in [4.78, 5) is 15.7. The van der Waals surface area contributed by atoms with E-state index < -0.39 is 0 Å². The number of amides is 1. The highest BCUT2D eigenvalue weighted by Crippen LogP contribution is 2.07. The average molecular weight is 236 g/mol. The topological polar surface area (TPSA) is 97.7 Å². The summed E-state index contributed by atoms with van der Waals surface area (Å²) < 4.78 is 6.53. The van der Waals surface area contributed by atoms with Crippen LogP contribution < -0.4 is 10.1 Å². The molecular weight excluding hydrogens is 224 g/mol. The van der Waals surface area contributed by atoms with Gasteiger partial charge >= 0.3 is 6.01 Å². The molecule has 0 unspecified atom stereocenters. The van der Waals surface area contributed by atoms with Crippen LogP contribution in [0.1, 0.15) is 17.4 Å². The van der Waals surface area contributed by atoms with Gasteiger partial charge in [-0.05, 0) is 13.0 Å². The Morgan fingerprint density at radius 2 is 2.47 bits per heavy atom. The fourth-order valence-electron chi connectivity index (χ4n) is 1.26. The lowest BCUT2D eigenvalue weighted by atomic mass is 10.4. The Morgan fingerprint density at radius 1 is 1.65 bits per heavy atom. The molecule has 0 radical (unpaired) electrons. The monoisotopic (exact) mass is 236 g/mol. The summed E-state index contributed by atoms with van der Waals surface area (Å²) in [6, 6.07) is 1.81. The average Bonchev–Trinajstić information content (AvgIpc) is 2.88. The van der Waals surface area contributed by atoms with E-state index >= 15 is 0 Å². The van der Waals surface area contributed by atoms with Gasteiger partial charge in [-0.25, -0.2) is 5.10 Å². The van der Waals surface area contributed by atoms with E-state index in [0.29, 0.717) is 12.3 Å². The molecule has 0 fully saturated rings. The van der Waals surface area contributed by atoms with Crippen LogP contribution in [0.2, 0.25) is 0 Å². The predicted octanol–water partition coefficient (Wildman–Crippen LogP) is 0.189. The van der Waals surface area contributed by atoms with Gasteiger partial charge in [0, 0.05) is 13.2 Å². The molecule has 0 aliphatic carbocycles. The first-order valence-electron chi connectivity index (χ1n) is 5.05. The molecule has 17 heavy (non-hydrogen) atoms. The minimum absolute atomic E-state index is 0.202. The minimum atomic E-state index is -0.316. The van der Waals surface area contributed by atoms with Crippen LogP contribution in [0.25, 0.3) is 0 Å². The first-order valence-corrected chi connectivity index (χ1v) is 5.05. The Kier molecular flexibility index (Phi) is 3.03. The van der Waals surface area contributed by atoms with Crippen LogP contribution >= 0.6 is 0 Å². The lowest BCUT2D eigenvalue weighted by molar-refractivity contribution is 0.101. The van der Waals surface area contributed by atoms with Gasteiger partial charge in [-0.3, -0.25) is 14.8 Å². The van der Waals surface area contributed by atoms with Crippen molar-refractivity contribution < 1.29 is 9.53 Å². The SMILES string of the molecule is CCOc1n[nH]c(NC(=O)c2ccnn2C)n1. The van der Waals surface area contributed by atoms with Crippen LogP contribution in [0.15, 0.2) is 12.3 Å². The number of aryl methyl sites for hydroxylation is 1. The second-order valence-corrected chi connectivity index (χ2v) is 3.19. The predicted molar refractivity (Wildman–Crippen MR) is 58.7 cm³/mol. The molecule has 0 saturated heterocycles. The van der Waals surface area contributed by atoms with Crippen molar-refractivity contribution in [2.24, 2.45) is 7.05 Å². The molecule has 0 bridgehead atoms. The van der Waals surface area contributed by atoms with Gasteiger partial charge in [-0.15, -0.1) is 5.10 Å². The number of nitrogens with one attached hydrogen (secondary N) is 2. The number of hydrogen-bond acceptors (Lipinski definition) is 5. The number of hydrogen-bond donors (Lipinski definition) is 2. The number of carbonyl (C=O) groups is 1. The zero-order valence-electron chi connectivity index (χ0n) is 9.47. The maximum atomic E-state index is 11.8. The normalized spacial score (nSPS) is 10.2. The summed E-state index contributed by atoms with van der Waals surface area (Å²) in [5.74, 6) is -0.0798. The Bertz CT molecular complexity index is 517. The van der Waals surface area contributed by atoms with E-state index in [2.05, 4.69) is 25.6 Å². The summed E-state index contributed by atoms with van der Waals surface area (Å²) in [6.07, 6.45) is 1.54. The Morgan fingerprint density at radius 3 is 3.12 bits per heavy atom.